The van der Waals surface area contributed by atoms with Crippen LogP contribution in [0.2, 0.25) is 0 Å². The molecule has 5 heteroatoms. The molecule has 1 amide bonds. The Kier molecular flexibility index (Phi) is 5.04. The first-order valence-electron chi connectivity index (χ1n) is 7.46. The van der Waals surface area contributed by atoms with E-state index in [1.807, 2.05) is 31.7 Å². The molecule has 2 atom stereocenters. The molecule has 0 radical (unpaired) electrons. The second kappa shape index (κ2) is 6.60. The van der Waals surface area contributed by atoms with Crippen LogP contribution >= 0.6 is 11.3 Å². The molecule has 2 unspecified atom stereocenters. The summed E-state index contributed by atoms with van der Waals surface area (Å²) in [4.78, 5) is 27.6. The summed E-state index contributed by atoms with van der Waals surface area (Å²) in [5.41, 5.74) is 0.809. The molecule has 116 valence electrons. The molecule has 1 N–H and O–H groups in total. The SMILES string of the molecule is Cc1cc(C(=O)N2CCCC(C(C)CC(=O)O)C2)c(C)s1. The number of carboxylic acid groups (broad SMARTS) is 1. The molecule has 21 heavy (non-hydrogen) atoms. The predicted octanol–water partition coefficient (Wildman–Crippen LogP) is 3.33. The number of hydrogen-bond donors (Lipinski definition) is 1. The molecule has 0 aliphatic carbocycles. The fourth-order valence-corrected chi connectivity index (χ4v) is 4.03. The lowest BCUT2D eigenvalue weighted by Gasteiger charge is -2.35. The van der Waals surface area contributed by atoms with E-state index in [9.17, 15) is 9.59 Å². The van der Waals surface area contributed by atoms with E-state index in [1.165, 1.54) is 0 Å². The van der Waals surface area contributed by atoms with Gasteiger partial charge in [-0.1, -0.05) is 6.92 Å². The van der Waals surface area contributed by atoms with Crippen molar-refractivity contribution in [3.8, 4) is 0 Å². The van der Waals surface area contributed by atoms with Gasteiger partial charge in [0.25, 0.3) is 5.91 Å². The summed E-state index contributed by atoms with van der Waals surface area (Å²) in [6.45, 7) is 7.44. The van der Waals surface area contributed by atoms with E-state index in [4.69, 9.17) is 5.11 Å². The molecule has 1 fully saturated rings. The van der Waals surface area contributed by atoms with Crippen LogP contribution in [0.3, 0.4) is 0 Å². The van der Waals surface area contributed by atoms with Crippen molar-refractivity contribution >= 4 is 23.2 Å². The summed E-state index contributed by atoms with van der Waals surface area (Å²) in [5, 5.41) is 8.93. The Morgan fingerprint density at radius 3 is 2.76 bits per heavy atom. The quantitative estimate of drug-likeness (QED) is 0.928. The van der Waals surface area contributed by atoms with Crippen LogP contribution in [-0.2, 0) is 4.79 Å². The number of aryl methyl sites for hydroxylation is 2. The number of nitrogens with zero attached hydrogens (tertiary/aromatic N) is 1. The van der Waals surface area contributed by atoms with E-state index < -0.39 is 5.97 Å². The number of carbonyl (C=O) groups excluding carboxylic acids is 1. The van der Waals surface area contributed by atoms with Crippen LogP contribution in [0, 0.1) is 25.7 Å². The minimum absolute atomic E-state index is 0.101. The number of carboxylic acids is 1. The third-order valence-corrected chi connectivity index (χ3v) is 5.28. The maximum atomic E-state index is 12.6. The van der Waals surface area contributed by atoms with E-state index in [1.54, 1.807) is 11.3 Å². The van der Waals surface area contributed by atoms with Crippen molar-refractivity contribution in [1.29, 1.82) is 0 Å². The molecule has 1 aromatic rings. The van der Waals surface area contributed by atoms with Gasteiger partial charge in [0.2, 0.25) is 0 Å². The van der Waals surface area contributed by atoms with Crippen molar-refractivity contribution in [3.05, 3.63) is 21.4 Å². The van der Waals surface area contributed by atoms with Gasteiger partial charge in [-0.3, -0.25) is 9.59 Å². The monoisotopic (exact) mass is 309 g/mol. The Morgan fingerprint density at radius 1 is 1.48 bits per heavy atom. The van der Waals surface area contributed by atoms with Crippen LogP contribution < -0.4 is 0 Å². The van der Waals surface area contributed by atoms with Crippen molar-refractivity contribution in [1.82, 2.24) is 4.90 Å². The summed E-state index contributed by atoms with van der Waals surface area (Å²) in [7, 11) is 0. The molecule has 0 bridgehead atoms. The second-order valence-electron chi connectivity index (χ2n) is 6.06. The minimum Gasteiger partial charge on any atom is -0.481 e. The average Bonchev–Trinajstić information content (AvgIpc) is 2.76. The van der Waals surface area contributed by atoms with Crippen LogP contribution in [0.25, 0.3) is 0 Å². The molecule has 2 heterocycles. The number of rotatable bonds is 4. The number of thiophene rings is 1. The number of hydrogen-bond acceptors (Lipinski definition) is 3. The Hall–Kier alpha value is -1.36. The van der Waals surface area contributed by atoms with Gasteiger partial charge in [-0.2, -0.15) is 0 Å². The van der Waals surface area contributed by atoms with Gasteiger partial charge < -0.3 is 10.0 Å². The summed E-state index contributed by atoms with van der Waals surface area (Å²) in [6, 6.07) is 1.96. The summed E-state index contributed by atoms with van der Waals surface area (Å²) in [5.74, 6) is -0.249. The third kappa shape index (κ3) is 3.84. The lowest BCUT2D eigenvalue weighted by Crippen LogP contribution is -2.42. The Balaban J connectivity index is 2.05. The maximum absolute atomic E-state index is 12.6. The molecule has 1 aromatic heterocycles. The number of piperidine rings is 1. The zero-order valence-electron chi connectivity index (χ0n) is 12.9. The first kappa shape index (κ1) is 16.0. The largest absolute Gasteiger partial charge is 0.481 e. The third-order valence-electron chi connectivity index (χ3n) is 4.32. The van der Waals surface area contributed by atoms with Crippen LogP contribution in [-0.4, -0.2) is 35.0 Å². The summed E-state index contributed by atoms with van der Waals surface area (Å²) < 4.78 is 0. The first-order chi connectivity index (χ1) is 9.88. The molecule has 1 aliphatic heterocycles. The molecule has 4 nitrogen and oxygen atoms in total. The number of likely N-dealkylation sites (tertiary alicyclic amines) is 1. The van der Waals surface area contributed by atoms with E-state index >= 15 is 0 Å². The van der Waals surface area contributed by atoms with Gasteiger partial charge in [0.1, 0.15) is 0 Å². The topological polar surface area (TPSA) is 57.6 Å². The lowest BCUT2D eigenvalue weighted by atomic mass is 9.84. The van der Waals surface area contributed by atoms with Crippen LogP contribution in [0.5, 0.6) is 0 Å². The van der Waals surface area contributed by atoms with Gasteiger partial charge in [-0.05, 0) is 44.6 Å². The van der Waals surface area contributed by atoms with Crippen molar-refractivity contribution < 1.29 is 14.7 Å². The lowest BCUT2D eigenvalue weighted by molar-refractivity contribution is -0.138. The molecule has 1 aliphatic rings. The van der Waals surface area contributed by atoms with Crippen LogP contribution in [0.15, 0.2) is 6.07 Å². The fraction of sp³-hybridized carbons (Fsp3) is 0.625. The zero-order chi connectivity index (χ0) is 15.6. The van der Waals surface area contributed by atoms with E-state index in [0.29, 0.717) is 12.5 Å². The molecular weight excluding hydrogens is 286 g/mol. The van der Waals surface area contributed by atoms with E-state index in [2.05, 4.69) is 0 Å². The van der Waals surface area contributed by atoms with Gasteiger partial charge in [0.05, 0.1) is 5.56 Å². The molecule has 0 saturated carbocycles. The number of carbonyl (C=O) groups is 2. The molecule has 2 rings (SSSR count). The summed E-state index contributed by atoms with van der Waals surface area (Å²) >= 11 is 1.65. The molecule has 0 aromatic carbocycles. The van der Waals surface area contributed by atoms with E-state index in [0.717, 1.165) is 34.7 Å². The van der Waals surface area contributed by atoms with Crippen molar-refractivity contribution in [2.45, 2.75) is 40.0 Å². The summed E-state index contributed by atoms with van der Waals surface area (Å²) in [6.07, 6.45) is 2.16. The highest BCUT2D eigenvalue weighted by Crippen LogP contribution is 2.29. The van der Waals surface area contributed by atoms with Crippen LogP contribution in [0.1, 0.15) is 46.3 Å². The fourth-order valence-electron chi connectivity index (χ4n) is 3.11. The Bertz CT molecular complexity index is 538. The Morgan fingerprint density at radius 2 is 2.19 bits per heavy atom. The van der Waals surface area contributed by atoms with Gasteiger partial charge in [0, 0.05) is 29.3 Å². The number of aliphatic carboxylic acids is 1. The zero-order valence-corrected chi connectivity index (χ0v) is 13.7. The highest BCUT2D eigenvalue weighted by atomic mass is 32.1. The standard InChI is InChI=1S/C16H23NO3S/c1-10(7-15(18)19)13-5-4-6-17(9-13)16(20)14-8-11(2)21-12(14)3/h8,10,13H,4-7,9H2,1-3H3,(H,18,19). The highest BCUT2D eigenvalue weighted by molar-refractivity contribution is 7.12. The highest BCUT2D eigenvalue weighted by Gasteiger charge is 2.29. The van der Waals surface area contributed by atoms with Gasteiger partial charge in [0.15, 0.2) is 0 Å². The maximum Gasteiger partial charge on any atom is 0.303 e. The second-order valence-corrected chi connectivity index (χ2v) is 7.52. The normalized spacial score (nSPS) is 20.3. The van der Waals surface area contributed by atoms with Crippen molar-refractivity contribution in [2.75, 3.05) is 13.1 Å². The molecule has 0 spiro atoms. The average molecular weight is 309 g/mol. The van der Waals surface area contributed by atoms with Crippen molar-refractivity contribution in [2.24, 2.45) is 11.8 Å². The van der Waals surface area contributed by atoms with Gasteiger partial charge in [-0.25, -0.2) is 0 Å². The molecule has 1 saturated heterocycles. The van der Waals surface area contributed by atoms with Gasteiger partial charge in [-0.15, -0.1) is 11.3 Å². The minimum atomic E-state index is -0.754. The van der Waals surface area contributed by atoms with Crippen molar-refractivity contribution in [3.63, 3.8) is 0 Å². The first-order valence-corrected chi connectivity index (χ1v) is 8.28. The Labute approximate surface area is 129 Å². The van der Waals surface area contributed by atoms with Gasteiger partial charge >= 0.3 is 5.97 Å². The number of amides is 1. The predicted molar refractivity (Wildman–Crippen MR) is 83.8 cm³/mol. The molecular formula is C16H23NO3S. The smallest absolute Gasteiger partial charge is 0.303 e. The van der Waals surface area contributed by atoms with E-state index in [-0.39, 0.29) is 18.2 Å². The van der Waals surface area contributed by atoms with Crippen LogP contribution in [0.4, 0.5) is 0 Å².